The van der Waals surface area contributed by atoms with Crippen molar-refractivity contribution < 1.29 is 9.53 Å². The molecule has 0 radical (unpaired) electrons. The van der Waals surface area contributed by atoms with Gasteiger partial charge < -0.3 is 4.74 Å². The first-order valence-corrected chi connectivity index (χ1v) is 8.31. The van der Waals surface area contributed by atoms with Gasteiger partial charge in [0.15, 0.2) is 5.78 Å². The van der Waals surface area contributed by atoms with Crippen molar-refractivity contribution >= 4 is 21.7 Å². The average Bonchev–Trinajstić information content (AvgIpc) is 2.56. The van der Waals surface area contributed by atoms with Crippen LogP contribution in [0.2, 0.25) is 0 Å². The van der Waals surface area contributed by atoms with Crippen molar-refractivity contribution in [3.63, 3.8) is 0 Å². The molecule has 0 heterocycles. The Balaban J connectivity index is 1.93. The lowest BCUT2D eigenvalue weighted by atomic mass is 10.0. The van der Waals surface area contributed by atoms with Crippen molar-refractivity contribution in [1.29, 1.82) is 0 Å². The number of benzene rings is 2. The second-order valence-electron chi connectivity index (χ2n) is 5.09. The van der Waals surface area contributed by atoms with Crippen molar-refractivity contribution in [3.05, 3.63) is 82.9 Å². The minimum absolute atomic E-state index is 0.0455. The lowest BCUT2D eigenvalue weighted by Gasteiger charge is -2.06. The molecule has 0 N–H and O–H groups in total. The quantitative estimate of drug-likeness (QED) is 0.404. The van der Waals surface area contributed by atoms with Crippen molar-refractivity contribution in [3.8, 4) is 0 Å². The molecule has 0 aliphatic rings. The van der Waals surface area contributed by atoms with Gasteiger partial charge in [0.25, 0.3) is 0 Å². The topological polar surface area (TPSA) is 26.3 Å². The Morgan fingerprint density at radius 1 is 1.05 bits per heavy atom. The van der Waals surface area contributed by atoms with E-state index in [1.165, 1.54) is 5.57 Å². The fourth-order valence-corrected chi connectivity index (χ4v) is 2.58. The molecule has 3 heteroatoms. The third kappa shape index (κ3) is 4.93. The van der Waals surface area contributed by atoms with Gasteiger partial charge in [-0.1, -0.05) is 82.2 Å². The molecule has 2 nitrogen and oxygen atoms in total. The third-order valence-corrected chi connectivity index (χ3v) is 3.60. The van der Waals surface area contributed by atoms with Gasteiger partial charge >= 0.3 is 0 Å². The van der Waals surface area contributed by atoms with Crippen LogP contribution in [-0.4, -0.2) is 17.7 Å². The zero-order chi connectivity index (χ0) is 15.8. The molecule has 0 aromatic heterocycles. The molecule has 0 amide bonds. The van der Waals surface area contributed by atoms with E-state index in [1.807, 2.05) is 61.5 Å². The second-order valence-corrected chi connectivity index (χ2v) is 5.74. The van der Waals surface area contributed by atoms with Crippen LogP contribution in [0.3, 0.4) is 0 Å². The van der Waals surface area contributed by atoms with Gasteiger partial charge in [0.2, 0.25) is 0 Å². The van der Waals surface area contributed by atoms with E-state index in [0.29, 0.717) is 24.3 Å². The molecule has 0 aliphatic heterocycles. The Kier molecular flexibility index (Phi) is 6.56. The van der Waals surface area contributed by atoms with E-state index in [-0.39, 0.29) is 5.78 Å². The molecular weight excluding hydrogens is 340 g/mol. The van der Waals surface area contributed by atoms with Gasteiger partial charge in [0.1, 0.15) is 0 Å². The molecule has 0 saturated carbocycles. The van der Waals surface area contributed by atoms with Crippen LogP contribution >= 0.6 is 15.9 Å². The fraction of sp³-hybridized carbons (Fsp3) is 0.211. The molecule has 0 bridgehead atoms. The maximum atomic E-state index is 12.3. The molecule has 0 fully saturated rings. The maximum absolute atomic E-state index is 12.3. The van der Waals surface area contributed by atoms with Crippen LogP contribution < -0.4 is 0 Å². The SMILES string of the molecule is C/C(=C\CBr)COCc1ccc(C(=O)c2ccccc2)cc1. The number of hydrogen-bond acceptors (Lipinski definition) is 2. The summed E-state index contributed by atoms with van der Waals surface area (Å²) in [5.41, 5.74) is 3.68. The smallest absolute Gasteiger partial charge is 0.193 e. The Hall–Kier alpha value is -1.71. The van der Waals surface area contributed by atoms with Crippen LogP contribution in [0.1, 0.15) is 28.4 Å². The van der Waals surface area contributed by atoms with E-state index >= 15 is 0 Å². The molecule has 2 rings (SSSR count). The third-order valence-electron chi connectivity index (χ3n) is 3.28. The van der Waals surface area contributed by atoms with E-state index in [9.17, 15) is 4.79 Å². The van der Waals surface area contributed by atoms with Crippen LogP contribution in [0.5, 0.6) is 0 Å². The highest BCUT2D eigenvalue weighted by Crippen LogP contribution is 2.12. The second kappa shape index (κ2) is 8.66. The molecule has 0 saturated heterocycles. The van der Waals surface area contributed by atoms with Gasteiger partial charge in [-0.05, 0) is 12.5 Å². The van der Waals surface area contributed by atoms with Crippen molar-refractivity contribution in [1.82, 2.24) is 0 Å². The highest BCUT2D eigenvalue weighted by molar-refractivity contribution is 9.09. The zero-order valence-corrected chi connectivity index (χ0v) is 14.2. The average molecular weight is 359 g/mol. The highest BCUT2D eigenvalue weighted by Gasteiger charge is 2.07. The minimum atomic E-state index is 0.0455. The van der Waals surface area contributed by atoms with Crippen LogP contribution in [0.25, 0.3) is 0 Å². The van der Waals surface area contributed by atoms with Gasteiger partial charge in [-0.3, -0.25) is 4.79 Å². The number of carbonyl (C=O) groups excluding carboxylic acids is 1. The first-order valence-electron chi connectivity index (χ1n) is 7.18. The standard InChI is InChI=1S/C19H19BrO2/c1-15(11-12-20)13-22-14-16-7-9-18(10-8-16)19(21)17-5-3-2-4-6-17/h2-11H,12-14H2,1H3/b15-11+. The van der Waals surface area contributed by atoms with Crippen LogP contribution in [0.4, 0.5) is 0 Å². The van der Waals surface area contributed by atoms with Gasteiger partial charge in [-0.15, -0.1) is 0 Å². The van der Waals surface area contributed by atoms with E-state index in [1.54, 1.807) is 0 Å². The maximum Gasteiger partial charge on any atom is 0.193 e. The van der Waals surface area contributed by atoms with E-state index in [2.05, 4.69) is 22.0 Å². The first kappa shape index (κ1) is 16.7. The van der Waals surface area contributed by atoms with Crippen LogP contribution in [0.15, 0.2) is 66.2 Å². The summed E-state index contributed by atoms with van der Waals surface area (Å²) in [5, 5.41) is 0.846. The van der Waals surface area contributed by atoms with Crippen molar-refractivity contribution in [2.24, 2.45) is 0 Å². The predicted octanol–water partition coefficient (Wildman–Crippen LogP) is 4.78. The summed E-state index contributed by atoms with van der Waals surface area (Å²) in [6.07, 6.45) is 2.08. The highest BCUT2D eigenvalue weighted by atomic mass is 79.9. The summed E-state index contributed by atoms with van der Waals surface area (Å²) in [6.45, 7) is 3.21. The largest absolute Gasteiger partial charge is 0.372 e. The van der Waals surface area contributed by atoms with E-state index in [4.69, 9.17) is 4.74 Å². The summed E-state index contributed by atoms with van der Waals surface area (Å²) in [7, 11) is 0. The van der Waals surface area contributed by atoms with Crippen LogP contribution in [0, 0.1) is 0 Å². The minimum Gasteiger partial charge on any atom is -0.372 e. The Labute approximate surface area is 139 Å². The number of rotatable bonds is 7. The zero-order valence-electron chi connectivity index (χ0n) is 12.6. The molecule has 0 spiro atoms. The van der Waals surface area contributed by atoms with Gasteiger partial charge in [0.05, 0.1) is 13.2 Å². The Morgan fingerprint density at radius 2 is 1.68 bits per heavy atom. The molecule has 2 aromatic rings. The summed E-state index contributed by atoms with van der Waals surface area (Å²) < 4.78 is 5.64. The van der Waals surface area contributed by atoms with Crippen molar-refractivity contribution in [2.75, 3.05) is 11.9 Å². The van der Waals surface area contributed by atoms with E-state index in [0.717, 1.165) is 10.9 Å². The number of halogens is 1. The van der Waals surface area contributed by atoms with E-state index < -0.39 is 0 Å². The molecule has 2 aromatic carbocycles. The summed E-state index contributed by atoms with van der Waals surface area (Å²) in [4.78, 5) is 12.3. The number of carbonyl (C=O) groups is 1. The molecular formula is C19H19BrO2. The molecule has 0 atom stereocenters. The Bertz CT molecular complexity index is 630. The summed E-state index contributed by atoms with van der Waals surface area (Å²) in [5.74, 6) is 0.0455. The van der Waals surface area contributed by atoms with Crippen LogP contribution in [-0.2, 0) is 11.3 Å². The molecule has 22 heavy (non-hydrogen) atoms. The monoisotopic (exact) mass is 358 g/mol. The fourth-order valence-electron chi connectivity index (χ4n) is 2.03. The molecule has 0 unspecified atom stereocenters. The number of allylic oxidation sites excluding steroid dienone is 1. The predicted molar refractivity (Wildman–Crippen MR) is 93.5 cm³/mol. The number of alkyl halides is 1. The number of ether oxygens (including phenoxy) is 1. The number of ketones is 1. The lowest BCUT2D eigenvalue weighted by molar-refractivity contribution is 0.103. The molecule has 0 aliphatic carbocycles. The van der Waals surface area contributed by atoms with Gasteiger partial charge in [0, 0.05) is 16.5 Å². The first-order chi connectivity index (χ1) is 10.7. The lowest BCUT2D eigenvalue weighted by Crippen LogP contribution is -2.02. The number of hydrogen-bond donors (Lipinski definition) is 0. The summed E-state index contributed by atoms with van der Waals surface area (Å²) >= 11 is 3.36. The van der Waals surface area contributed by atoms with Gasteiger partial charge in [-0.25, -0.2) is 0 Å². The summed E-state index contributed by atoms with van der Waals surface area (Å²) in [6, 6.07) is 16.9. The normalized spacial score (nSPS) is 11.5. The van der Waals surface area contributed by atoms with Crippen molar-refractivity contribution in [2.45, 2.75) is 13.5 Å². The van der Waals surface area contributed by atoms with Gasteiger partial charge in [-0.2, -0.15) is 0 Å². The Morgan fingerprint density at radius 3 is 2.32 bits per heavy atom. The molecule has 114 valence electrons.